The van der Waals surface area contributed by atoms with Crippen LogP contribution in [0.5, 0.6) is 0 Å². The van der Waals surface area contributed by atoms with Crippen molar-refractivity contribution >= 4 is 12.0 Å². The Morgan fingerprint density at radius 3 is 2.38 bits per heavy atom. The molecule has 5 heteroatoms. The molecule has 0 radical (unpaired) electrons. The Bertz CT molecular complexity index is 460. The average Bonchev–Trinajstić information content (AvgIpc) is 2.45. The van der Waals surface area contributed by atoms with Crippen LogP contribution in [0.1, 0.15) is 19.4 Å². The highest BCUT2D eigenvalue weighted by Crippen LogP contribution is 2.09. The van der Waals surface area contributed by atoms with Gasteiger partial charge in [-0.25, -0.2) is 4.79 Å². The van der Waals surface area contributed by atoms with Gasteiger partial charge < -0.3 is 15.3 Å². The van der Waals surface area contributed by atoms with Gasteiger partial charge in [0.05, 0.1) is 5.92 Å². The number of carbonyl (C=O) groups excluding carboxylic acids is 1. The third-order valence-corrected chi connectivity index (χ3v) is 3.52. The summed E-state index contributed by atoms with van der Waals surface area (Å²) in [4.78, 5) is 24.6. The van der Waals surface area contributed by atoms with Gasteiger partial charge in [0.2, 0.25) is 0 Å². The molecular formula is C16H24N2O3. The van der Waals surface area contributed by atoms with Gasteiger partial charge in [-0.2, -0.15) is 0 Å². The number of nitrogens with one attached hydrogen (secondary N) is 1. The zero-order chi connectivity index (χ0) is 15.8. The monoisotopic (exact) mass is 292 g/mol. The standard InChI is InChI=1S/C16H24N2O3/c1-12(2)14(15(19)20)11-17-16(21)18(3)10-9-13-7-5-4-6-8-13/h4-8,12,14H,9-11H2,1-3H3,(H,17,21)(H,19,20). The zero-order valence-corrected chi connectivity index (χ0v) is 12.9. The smallest absolute Gasteiger partial charge is 0.317 e. The second-order valence-corrected chi connectivity index (χ2v) is 5.53. The summed E-state index contributed by atoms with van der Waals surface area (Å²) < 4.78 is 0. The van der Waals surface area contributed by atoms with Crippen LogP contribution in [0.3, 0.4) is 0 Å². The molecule has 5 nitrogen and oxygen atoms in total. The third-order valence-electron chi connectivity index (χ3n) is 3.52. The van der Waals surface area contributed by atoms with Crippen LogP contribution < -0.4 is 5.32 Å². The van der Waals surface area contributed by atoms with Crippen molar-refractivity contribution in [1.82, 2.24) is 10.2 Å². The van der Waals surface area contributed by atoms with Gasteiger partial charge in [0.15, 0.2) is 0 Å². The number of hydrogen-bond acceptors (Lipinski definition) is 2. The summed E-state index contributed by atoms with van der Waals surface area (Å²) >= 11 is 0. The molecule has 0 spiro atoms. The second kappa shape index (κ2) is 8.29. The van der Waals surface area contributed by atoms with E-state index in [4.69, 9.17) is 5.11 Å². The number of carbonyl (C=O) groups is 2. The van der Waals surface area contributed by atoms with Crippen molar-refractivity contribution in [3.8, 4) is 0 Å². The van der Waals surface area contributed by atoms with Crippen molar-refractivity contribution in [3.63, 3.8) is 0 Å². The van der Waals surface area contributed by atoms with Gasteiger partial charge in [-0.1, -0.05) is 44.2 Å². The van der Waals surface area contributed by atoms with E-state index in [1.54, 1.807) is 11.9 Å². The SMILES string of the molecule is CC(C)C(CNC(=O)N(C)CCc1ccccc1)C(=O)O. The van der Waals surface area contributed by atoms with Gasteiger partial charge in [-0.15, -0.1) is 0 Å². The lowest BCUT2D eigenvalue weighted by molar-refractivity contribution is -0.142. The maximum Gasteiger partial charge on any atom is 0.317 e. The molecule has 0 aliphatic carbocycles. The van der Waals surface area contributed by atoms with Crippen LogP contribution in [-0.2, 0) is 11.2 Å². The van der Waals surface area contributed by atoms with Gasteiger partial charge in [0.25, 0.3) is 0 Å². The Morgan fingerprint density at radius 1 is 1.24 bits per heavy atom. The molecule has 0 aliphatic heterocycles. The summed E-state index contributed by atoms with van der Waals surface area (Å²) in [5.74, 6) is -1.45. The molecule has 2 N–H and O–H groups in total. The molecule has 1 aromatic carbocycles. The maximum absolute atomic E-state index is 11.9. The molecule has 116 valence electrons. The number of likely N-dealkylation sites (N-methyl/N-ethyl adjacent to an activating group) is 1. The van der Waals surface area contributed by atoms with Gasteiger partial charge >= 0.3 is 12.0 Å². The number of amides is 2. The molecule has 1 aromatic rings. The average molecular weight is 292 g/mol. The van der Waals surface area contributed by atoms with Gasteiger partial charge in [0, 0.05) is 20.1 Å². The number of carboxylic acid groups (broad SMARTS) is 1. The minimum atomic E-state index is -0.878. The van der Waals surface area contributed by atoms with Gasteiger partial charge in [0.1, 0.15) is 0 Å². The van der Waals surface area contributed by atoms with E-state index in [2.05, 4.69) is 5.32 Å². The molecular weight excluding hydrogens is 268 g/mol. The summed E-state index contributed by atoms with van der Waals surface area (Å²) in [5.41, 5.74) is 1.17. The first kappa shape index (κ1) is 17.0. The first-order valence-corrected chi connectivity index (χ1v) is 7.17. The molecule has 0 heterocycles. The van der Waals surface area contributed by atoms with Gasteiger partial charge in [-0.05, 0) is 17.9 Å². The fourth-order valence-electron chi connectivity index (χ4n) is 1.98. The van der Waals surface area contributed by atoms with E-state index in [0.717, 1.165) is 6.42 Å². The van der Waals surface area contributed by atoms with Crippen LogP contribution >= 0.6 is 0 Å². The van der Waals surface area contributed by atoms with E-state index in [-0.39, 0.29) is 18.5 Å². The molecule has 2 amide bonds. The van der Waals surface area contributed by atoms with E-state index < -0.39 is 11.9 Å². The Hall–Kier alpha value is -2.04. The predicted molar refractivity (Wildman–Crippen MR) is 82.1 cm³/mol. The molecule has 1 rings (SSSR count). The summed E-state index contributed by atoms with van der Waals surface area (Å²) in [6, 6.07) is 9.69. The lowest BCUT2D eigenvalue weighted by Crippen LogP contribution is -2.42. The van der Waals surface area contributed by atoms with Crippen LogP contribution in [-0.4, -0.2) is 42.1 Å². The van der Waals surface area contributed by atoms with E-state index in [1.165, 1.54) is 5.56 Å². The van der Waals surface area contributed by atoms with Crippen LogP contribution in [0.15, 0.2) is 30.3 Å². The number of aliphatic carboxylic acids is 1. The van der Waals surface area contributed by atoms with Crippen LogP contribution in [0.4, 0.5) is 4.79 Å². The van der Waals surface area contributed by atoms with Crippen LogP contribution in [0, 0.1) is 11.8 Å². The normalized spacial score (nSPS) is 12.0. The lowest BCUT2D eigenvalue weighted by atomic mass is 9.96. The number of rotatable bonds is 7. The third kappa shape index (κ3) is 5.85. The summed E-state index contributed by atoms with van der Waals surface area (Å²) in [5, 5.41) is 11.8. The van der Waals surface area contributed by atoms with E-state index >= 15 is 0 Å². The number of benzene rings is 1. The van der Waals surface area contributed by atoms with Gasteiger partial charge in [-0.3, -0.25) is 4.79 Å². The molecule has 1 atom stereocenters. The number of hydrogen-bond donors (Lipinski definition) is 2. The maximum atomic E-state index is 11.9. The number of urea groups is 1. The first-order valence-electron chi connectivity index (χ1n) is 7.17. The van der Waals surface area contributed by atoms with Crippen molar-refractivity contribution < 1.29 is 14.7 Å². The lowest BCUT2D eigenvalue weighted by Gasteiger charge is -2.21. The van der Waals surface area contributed by atoms with E-state index in [1.807, 2.05) is 44.2 Å². The molecule has 21 heavy (non-hydrogen) atoms. The largest absolute Gasteiger partial charge is 0.481 e. The number of carboxylic acids is 1. The Kier molecular flexibility index (Phi) is 6.72. The highest BCUT2D eigenvalue weighted by atomic mass is 16.4. The molecule has 0 fully saturated rings. The summed E-state index contributed by atoms with van der Waals surface area (Å²) in [6.07, 6.45) is 0.775. The Morgan fingerprint density at radius 2 is 1.86 bits per heavy atom. The molecule has 0 saturated heterocycles. The zero-order valence-electron chi connectivity index (χ0n) is 12.9. The minimum absolute atomic E-state index is 0.0163. The van der Waals surface area contributed by atoms with E-state index in [9.17, 15) is 9.59 Å². The molecule has 1 unspecified atom stereocenters. The van der Waals surface area contributed by atoms with E-state index in [0.29, 0.717) is 6.54 Å². The first-order chi connectivity index (χ1) is 9.91. The molecule has 0 aromatic heterocycles. The summed E-state index contributed by atoms with van der Waals surface area (Å²) in [6.45, 7) is 4.42. The molecule has 0 bridgehead atoms. The number of nitrogens with zero attached hydrogens (tertiary/aromatic N) is 1. The Labute approximate surface area is 126 Å². The van der Waals surface area contributed by atoms with Crippen molar-refractivity contribution in [2.24, 2.45) is 11.8 Å². The quantitative estimate of drug-likeness (QED) is 0.809. The Balaban J connectivity index is 2.39. The molecule has 0 aliphatic rings. The predicted octanol–water partition coefficient (Wildman–Crippen LogP) is 2.23. The van der Waals surface area contributed by atoms with Crippen molar-refractivity contribution in [2.45, 2.75) is 20.3 Å². The highest BCUT2D eigenvalue weighted by Gasteiger charge is 2.22. The van der Waals surface area contributed by atoms with Crippen molar-refractivity contribution in [1.29, 1.82) is 0 Å². The highest BCUT2D eigenvalue weighted by molar-refractivity contribution is 5.75. The van der Waals surface area contributed by atoms with Crippen LogP contribution in [0.2, 0.25) is 0 Å². The fraction of sp³-hybridized carbons (Fsp3) is 0.500. The fourth-order valence-corrected chi connectivity index (χ4v) is 1.98. The minimum Gasteiger partial charge on any atom is -0.481 e. The van der Waals surface area contributed by atoms with Crippen molar-refractivity contribution in [3.05, 3.63) is 35.9 Å². The summed E-state index contributed by atoms with van der Waals surface area (Å²) in [7, 11) is 1.71. The van der Waals surface area contributed by atoms with Crippen LogP contribution in [0.25, 0.3) is 0 Å². The topological polar surface area (TPSA) is 69.6 Å². The molecule has 0 saturated carbocycles. The second-order valence-electron chi connectivity index (χ2n) is 5.53. The van der Waals surface area contributed by atoms with Crippen molar-refractivity contribution in [2.75, 3.05) is 20.1 Å².